The molecule has 0 bridgehead atoms. The van der Waals surface area contributed by atoms with E-state index in [1.54, 1.807) is 32.2 Å². The maximum absolute atomic E-state index is 12.9. The maximum Gasteiger partial charge on any atom is 0.387 e. The van der Waals surface area contributed by atoms with Gasteiger partial charge in [0.25, 0.3) is 0 Å². The second-order valence-electron chi connectivity index (χ2n) is 6.75. The van der Waals surface area contributed by atoms with E-state index in [0.29, 0.717) is 24.7 Å². The number of benzene rings is 2. The van der Waals surface area contributed by atoms with Crippen LogP contribution in [0.5, 0.6) is 11.5 Å². The fourth-order valence-electron chi connectivity index (χ4n) is 3.06. The predicted molar refractivity (Wildman–Crippen MR) is 115 cm³/mol. The van der Waals surface area contributed by atoms with Crippen LogP contribution in [-0.2, 0) is 6.54 Å². The molecule has 2 aromatic rings. The van der Waals surface area contributed by atoms with Crippen LogP contribution in [0.1, 0.15) is 24.1 Å². The number of para-hydroxylation sites is 1. The molecule has 0 aliphatic heterocycles. The normalized spacial score (nSPS) is 12.7. The van der Waals surface area contributed by atoms with Crippen LogP contribution in [0.3, 0.4) is 0 Å². The molecule has 2 aromatic carbocycles. The maximum atomic E-state index is 12.9. The number of nitrogens with zero attached hydrogens (tertiary/aromatic N) is 2. The zero-order chi connectivity index (χ0) is 21.9. The molecular weight excluding hydrogens is 390 g/mol. The number of alkyl halides is 2. The molecule has 0 amide bonds. The fraction of sp³-hybridized carbons (Fsp3) is 0.409. The molecule has 0 aliphatic rings. The Balaban J connectivity index is 2.06. The molecule has 0 saturated heterocycles. The largest absolute Gasteiger partial charge is 0.490 e. The van der Waals surface area contributed by atoms with E-state index in [4.69, 9.17) is 9.47 Å². The van der Waals surface area contributed by atoms with Crippen LogP contribution < -0.4 is 20.1 Å². The van der Waals surface area contributed by atoms with E-state index in [1.807, 2.05) is 32.3 Å². The number of hydrogen-bond acceptors (Lipinski definition) is 4. The molecule has 2 rings (SSSR count). The molecular formula is C22H30F2N4O2. The molecule has 6 nitrogen and oxygen atoms in total. The molecule has 0 spiro atoms. The van der Waals surface area contributed by atoms with Crippen LogP contribution in [0.15, 0.2) is 53.5 Å². The van der Waals surface area contributed by atoms with Crippen molar-refractivity contribution in [2.75, 3.05) is 34.3 Å². The average molecular weight is 421 g/mol. The van der Waals surface area contributed by atoms with Crippen molar-refractivity contribution < 1.29 is 18.3 Å². The third-order valence-electron chi connectivity index (χ3n) is 4.51. The zero-order valence-electron chi connectivity index (χ0n) is 17.9. The van der Waals surface area contributed by atoms with E-state index >= 15 is 0 Å². The fourth-order valence-corrected chi connectivity index (χ4v) is 3.06. The van der Waals surface area contributed by atoms with Gasteiger partial charge < -0.3 is 25.0 Å². The first-order valence-electron chi connectivity index (χ1n) is 9.81. The summed E-state index contributed by atoms with van der Waals surface area (Å²) in [5.41, 5.74) is 1.74. The first kappa shape index (κ1) is 23.4. The number of rotatable bonds is 10. The highest BCUT2D eigenvalue weighted by Gasteiger charge is 2.17. The van der Waals surface area contributed by atoms with Gasteiger partial charge in [0, 0.05) is 25.7 Å². The van der Waals surface area contributed by atoms with Crippen LogP contribution >= 0.6 is 0 Å². The Morgan fingerprint density at radius 3 is 2.40 bits per heavy atom. The Bertz CT molecular complexity index is 801. The lowest BCUT2D eigenvalue weighted by molar-refractivity contribution is -0.0520. The van der Waals surface area contributed by atoms with Gasteiger partial charge in [-0.25, -0.2) is 0 Å². The van der Waals surface area contributed by atoms with E-state index in [0.717, 1.165) is 0 Å². The van der Waals surface area contributed by atoms with E-state index in [-0.39, 0.29) is 24.1 Å². The van der Waals surface area contributed by atoms with Crippen molar-refractivity contribution in [2.45, 2.75) is 26.1 Å². The van der Waals surface area contributed by atoms with Gasteiger partial charge in [0.05, 0.1) is 12.6 Å². The third-order valence-corrected chi connectivity index (χ3v) is 4.51. The first-order valence-corrected chi connectivity index (χ1v) is 9.81. The number of ether oxygens (including phenoxy) is 2. The Hall–Kier alpha value is -2.87. The molecule has 0 fully saturated rings. The van der Waals surface area contributed by atoms with Gasteiger partial charge in [-0.05, 0) is 32.6 Å². The van der Waals surface area contributed by atoms with E-state index in [1.165, 1.54) is 5.56 Å². The molecule has 30 heavy (non-hydrogen) atoms. The number of nitrogens with one attached hydrogen (secondary N) is 2. The minimum absolute atomic E-state index is 0.0350. The second-order valence-corrected chi connectivity index (χ2v) is 6.75. The summed E-state index contributed by atoms with van der Waals surface area (Å²) in [6.07, 6.45) is 0. The lowest BCUT2D eigenvalue weighted by atomic mass is 10.1. The third kappa shape index (κ3) is 6.88. The Morgan fingerprint density at radius 1 is 1.07 bits per heavy atom. The summed E-state index contributed by atoms with van der Waals surface area (Å²) in [6, 6.07) is 15.4. The van der Waals surface area contributed by atoms with Gasteiger partial charge in [0.2, 0.25) is 0 Å². The minimum atomic E-state index is -2.94. The monoisotopic (exact) mass is 420 g/mol. The highest BCUT2D eigenvalue weighted by atomic mass is 19.3. The van der Waals surface area contributed by atoms with Gasteiger partial charge >= 0.3 is 6.61 Å². The quantitative estimate of drug-likeness (QED) is 0.454. The van der Waals surface area contributed by atoms with Crippen molar-refractivity contribution >= 4 is 5.96 Å². The molecule has 1 unspecified atom stereocenters. The lowest BCUT2D eigenvalue weighted by Crippen LogP contribution is -2.41. The molecule has 8 heteroatoms. The average Bonchev–Trinajstić information content (AvgIpc) is 2.72. The summed E-state index contributed by atoms with van der Waals surface area (Å²) in [4.78, 5) is 6.35. The molecule has 0 aromatic heterocycles. The van der Waals surface area contributed by atoms with Crippen LogP contribution in [0.2, 0.25) is 0 Å². The van der Waals surface area contributed by atoms with Crippen molar-refractivity contribution in [3.05, 3.63) is 59.7 Å². The molecule has 0 heterocycles. The van der Waals surface area contributed by atoms with Crippen molar-refractivity contribution in [3.63, 3.8) is 0 Å². The molecule has 0 radical (unpaired) electrons. The number of guanidine groups is 1. The highest BCUT2D eigenvalue weighted by Crippen LogP contribution is 2.32. The number of aliphatic imine (C=N–C) groups is 1. The number of hydrogen-bond donors (Lipinski definition) is 2. The predicted octanol–water partition coefficient (Wildman–Crippen LogP) is 3.65. The summed E-state index contributed by atoms with van der Waals surface area (Å²) >= 11 is 0. The van der Waals surface area contributed by atoms with E-state index < -0.39 is 6.61 Å². The van der Waals surface area contributed by atoms with Crippen molar-refractivity contribution in [2.24, 2.45) is 4.99 Å². The van der Waals surface area contributed by atoms with Crippen molar-refractivity contribution in [1.82, 2.24) is 15.5 Å². The molecule has 0 aliphatic carbocycles. The molecule has 164 valence electrons. The van der Waals surface area contributed by atoms with Crippen LogP contribution in [0, 0.1) is 0 Å². The van der Waals surface area contributed by atoms with Gasteiger partial charge in [0.15, 0.2) is 17.5 Å². The Kier molecular flexibility index (Phi) is 9.34. The van der Waals surface area contributed by atoms with Gasteiger partial charge in [-0.3, -0.25) is 4.99 Å². The van der Waals surface area contributed by atoms with E-state index in [2.05, 4.69) is 32.7 Å². The van der Waals surface area contributed by atoms with Crippen molar-refractivity contribution in [3.8, 4) is 11.5 Å². The molecule has 1 atom stereocenters. The SMILES string of the molecule is CCOc1cccc(CNC(=NC)NCC(c2ccccc2)N(C)C)c1OC(F)F. The topological polar surface area (TPSA) is 58.1 Å². The van der Waals surface area contributed by atoms with Crippen molar-refractivity contribution in [1.29, 1.82) is 0 Å². The number of likely N-dealkylation sites (N-methyl/N-ethyl adjacent to an activating group) is 1. The van der Waals surface area contributed by atoms with E-state index in [9.17, 15) is 8.78 Å². The van der Waals surface area contributed by atoms with Gasteiger partial charge in [-0.2, -0.15) is 8.78 Å². The Morgan fingerprint density at radius 2 is 1.80 bits per heavy atom. The van der Waals surface area contributed by atoms with Crippen LogP contribution in [0.25, 0.3) is 0 Å². The Labute approximate surface area is 176 Å². The number of halogens is 2. The summed E-state index contributed by atoms with van der Waals surface area (Å²) in [5.74, 6) is 0.882. The zero-order valence-corrected chi connectivity index (χ0v) is 17.9. The molecule has 0 saturated carbocycles. The smallest absolute Gasteiger partial charge is 0.387 e. The first-order chi connectivity index (χ1) is 14.5. The minimum Gasteiger partial charge on any atom is -0.490 e. The van der Waals surface area contributed by atoms with Gasteiger partial charge in [0.1, 0.15) is 0 Å². The second kappa shape index (κ2) is 12.0. The summed E-state index contributed by atoms with van der Waals surface area (Å²) < 4.78 is 35.9. The molecule has 2 N–H and O–H groups in total. The highest BCUT2D eigenvalue weighted by molar-refractivity contribution is 5.79. The van der Waals surface area contributed by atoms with Crippen LogP contribution in [-0.4, -0.2) is 51.8 Å². The standard InChI is InChI=1S/C22H30F2N4O2/c1-5-29-19-13-9-12-17(20(19)30-21(23)24)14-26-22(25-2)27-15-18(28(3)4)16-10-7-6-8-11-16/h6-13,18,21H,5,14-15H2,1-4H3,(H2,25,26,27). The summed E-state index contributed by atoms with van der Waals surface area (Å²) in [5, 5.41) is 6.45. The summed E-state index contributed by atoms with van der Waals surface area (Å²) in [7, 11) is 5.70. The lowest BCUT2D eigenvalue weighted by Gasteiger charge is -2.26. The van der Waals surface area contributed by atoms with Crippen LogP contribution in [0.4, 0.5) is 8.78 Å². The summed E-state index contributed by atoms with van der Waals surface area (Å²) in [6.45, 7) is 0.0768. The van der Waals surface area contributed by atoms with Gasteiger partial charge in [-0.1, -0.05) is 42.5 Å². The van der Waals surface area contributed by atoms with Gasteiger partial charge in [-0.15, -0.1) is 0 Å².